The summed E-state index contributed by atoms with van der Waals surface area (Å²) in [6.45, 7) is 3.03. The Morgan fingerprint density at radius 3 is 2.24 bits per heavy atom. The van der Waals surface area contributed by atoms with Gasteiger partial charge in [-0.3, -0.25) is 13.9 Å². The molecule has 220 valence electrons. The van der Waals surface area contributed by atoms with Gasteiger partial charge in [-0.25, -0.2) is 12.8 Å². The van der Waals surface area contributed by atoms with Gasteiger partial charge in [0.05, 0.1) is 24.8 Å². The van der Waals surface area contributed by atoms with Crippen molar-refractivity contribution in [3.05, 3.63) is 84.2 Å². The number of nitrogens with zero attached hydrogens (tertiary/aromatic N) is 2. The topological polar surface area (TPSA) is 105 Å². The average Bonchev–Trinajstić information content (AvgIpc) is 2.99. The van der Waals surface area contributed by atoms with Crippen molar-refractivity contribution in [1.82, 2.24) is 10.2 Å². The summed E-state index contributed by atoms with van der Waals surface area (Å²) in [7, 11) is -1.45. The van der Waals surface area contributed by atoms with E-state index in [0.717, 1.165) is 17.1 Å². The Balaban J connectivity index is 2.05. The van der Waals surface area contributed by atoms with Gasteiger partial charge < -0.3 is 19.7 Å². The Bertz CT molecular complexity index is 1430. The molecule has 0 aliphatic rings. The number of halogens is 1. The Labute approximate surface area is 240 Å². The highest BCUT2D eigenvalue weighted by Gasteiger charge is 2.34. The quantitative estimate of drug-likeness (QED) is 0.282. The van der Waals surface area contributed by atoms with E-state index in [4.69, 9.17) is 9.47 Å². The smallest absolute Gasteiger partial charge is 0.264 e. The zero-order valence-corrected chi connectivity index (χ0v) is 24.5. The second kappa shape index (κ2) is 14.5. The second-order valence-electron chi connectivity index (χ2n) is 9.29. The fourth-order valence-electron chi connectivity index (χ4n) is 4.15. The minimum absolute atomic E-state index is 0.0805. The summed E-state index contributed by atoms with van der Waals surface area (Å²) in [5, 5.41) is 2.80. The first-order valence-electron chi connectivity index (χ1n) is 13.2. The largest absolute Gasteiger partial charge is 0.497 e. The van der Waals surface area contributed by atoms with E-state index < -0.39 is 40.2 Å². The Morgan fingerprint density at radius 2 is 1.61 bits per heavy atom. The maximum absolute atomic E-state index is 14.7. The van der Waals surface area contributed by atoms with Crippen LogP contribution in [0, 0.1) is 5.82 Å². The number of nitrogens with one attached hydrogen (secondary N) is 1. The lowest BCUT2D eigenvalue weighted by Crippen LogP contribution is -2.51. The number of methoxy groups -OCH3 is 2. The number of hydrogen-bond acceptors (Lipinski definition) is 6. The van der Waals surface area contributed by atoms with Gasteiger partial charge in [0.15, 0.2) is 0 Å². The first-order chi connectivity index (χ1) is 19.6. The number of sulfonamides is 1. The molecule has 0 radical (unpaired) electrons. The van der Waals surface area contributed by atoms with Gasteiger partial charge >= 0.3 is 0 Å². The average molecular weight is 586 g/mol. The van der Waals surface area contributed by atoms with Crippen molar-refractivity contribution < 1.29 is 31.9 Å². The normalized spacial score (nSPS) is 11.8. The molecule has 1 N–H and O–H groups in total. The minimum Gasteiger partial charge on any atom is -0.497 e. The standard InChI is InChI=1S/C30H36FN3O6S/c1-5-6-19-32-30(36)22(2)33(20-23-11-7-8-12-26(23)31)29(35)21-34(27-13-9-10-14-28(27)40-4)41(37,38)25-17-15-24(39-3)16-18-25/h7-18,22H,5-6,19-21H2,1-4H3,(H,32,36). The van der Waals surface area contributed by atoms with E-state index in [1.165, 1.54) is 74.6 Å². The van der Waals surface area contributed by atoms with Crippen LogP contribution in [-0.4, -0.2) is 58.5 Å². The predicted molar refractivity (Wildman–Crippen MR) is 155 cm³/mol. The van der Waals surface area contributed by atoms with Gasteiger partial charge in [-0.15, -0.1) is 0 Å². The van der Waals surface area contributed by atoms with Crippen LogP contribution in [-0.2, 0) is 26.2 Å². The van der Waals surface area contributed by atoms with Crippen molar-refractivity contribution >= 4 is 27.5 Å². The van der Waals surface area contributed by atoms with E-state index in [1.807, 2.05) is 6.92 Å². The Kier molecular flexibility index (Phi) is 11.1. The lowest BCUT2D eigenvalue weighted by atomic mass is 10.1. The van der Waals surface area contributed by atoms with Gasteiger partial charge in [0.2, 0.25) is 11.8 Å². The van der Waals surface area contributed by atoms with Crippen LogP contribution in [0.5, 0.6) is 11.5 Å². The Morgan fingerprint density at radius 1 is 0.951 bits per heavy atom. The van der Waals surface area contributed by atoms with E-state index in [9.17, 15) is 22.4 Å². The number of anilines is 1. The van der Waals surface area contributed by atoms with Crippen molar-refractivity contribution in [2.24, 2.45) is 0 Å². The zero-order chi connectivity index (χ0) is 30.0. The van der Waals surface area contributed by atoms with E-state index in [0.29, 0.717) is 12.3 Å². The molecule has 0 aromatic heterocycles. The van der Waals surface area contributed by atoms with Crippen LogP contribution in [0.2, 0.25) is 0 Å². The fraction of sp³-hybridized carbons (Fsp3) is 0.333. The number of unbranched alkanes of at least 4 members (excludes halogenated alkanes) is 1. The molecule has 3 aromatic carbocycles. The maximum atomic E-state index is 14.7. The maximum Gasteiger partial charge on any atom is 0.264 e. The van der Waals surface area contributed by atoms with Crippen molar-refractivity contribution in [2.45, 2.75) is 44.2 Å². The van der Waals surface area contributed by atoms with Crippen molar-refractivity contribution in [1.29, 1.82) is 0 Å². The third-order valence-corrected chi connectivity index (χ3v) is 8.35. The summed E-state index contributed by atoms with van der Waals surface area (Å²) in [5.41, 5.74) is 0.320. The van der Waals surface area contributed by atoms with Crippen molar-refractivity contribution in [3.8, 4) is 11.5 Å². The van der Waals surface area contributed by atoms with Crippen LogP contribution in [0.25, 0.3) is 0 Å². The van der Waals surface area contributed by atoms with Crippen LogP contribution in [0.15, 0.2) is 77.7 Å². The van der Waals surface area contributed by atoms with Gasteiger partial charge in [-0.1, -0.05) is 43.7 Å². The molecule has 1 unspecified atom stereocenters. The van der Waals surface area contributed by atoms with Crippen molar-refractivity contribution in [2.75, 3.05) is 31.6 Å². The molecule has 1 atom stereocenters. The molecule has 0 aliphatic heterocycles. The molecular formula is C30H36FN3O6S. The highest BCUT2D eigenvalue weighted by Crippen LogP contribution is 2.33. The highest BCUT2D eigenvalue weighted by molar-refractivity contribution is 7.92. The summed E-state index contributed by atoms with van der Waals surface area (Å²) in [4.78, 5) is 28.1. The van der Waals surface area contributed by atoms with Crippen LogP contribution in [0.3, 0.4) is 0 Å². The summed E-state index contributed by atoms with van der Waals surface area (Å²) in [6.07, 6.45) is 1.62. The number of hydrogen-bond donors (Lipinski definition) is 1. The molecule has 0 heterocycles. The lowest BCUT2D eigenvalue weighted by Gasteiger charge is -2.32. The number of rotatable bonds is 14. The number of ether oxygens (including phenoxy) is 2. The second-order valence-corrected chi connectivity index (χ2v) is 11.2. The molecule has 0 saturated carbocycles. The number of carbonyl (C=O) groups excluding carboxylic acids is 2. The summed E-state index contributed by atoms with van der Waals surface area (Å²) >= 11 is 0. The van der Waals surface area contributed by atoms with Crippen molar-refractivity contribution in [3.63, 3.8) is 0 Å². The van der Waals surface area contributed by atoms with Gasteiger partial charge in [-0.2, -0.15) is 0 Å². The highest BCUT2D eigenvalue weighted by atomic mass is 32.2. The molecule has 0 saturated heterocycles. The summed E-state index contributed by atoms with van der Waals surface area (Å²) < 4.78 is 54.1. The van der Waals surface area contributed by atoms with E-state index >= 15 is 0 Å². The summed E-state index contributed by atoms with van der Waals surface area (Å²) in [5.74, 6) is -0.984. The van der Waals surface area contributed by atoms with Crippen LogP contribution >= 0.6 is 0 Å². The number of carbonyl (C=O) groups is 2. The van der Waals surface area contributed by atoms with Gasteiger partial charge in [0.1, 0.15) is 29.9 Å². The fourth-order valence-corrected chi connectivity index (χ4v) is 5.58. The number of amides is 2. The predicted octanol–water partition coefficient (Wildman–Crippen LogP) is 4.37. The molecule has 2 amide bonds. The van der Waals surface area contributed by atoms with E-state index in [1.54, 1.807) is 24.3 Å². The van der Waals surface area contributed by atoms with Gasteiger partial charge in [0, 0.05) is 18.7 Å². The van der Waals surface area contributed by atoms with E-state index in [2.05, 4.69) is 5.32 Å². The molecule has 0 fully saturated rings. The molecule has 11 heteroatoms. The third-order valence-electron chi connectivity index (χ3n) is 6.58. The first kappa shape index (κ1) is 31.4. The Hall–Kier alpha value is -4.12. The number of benzene rings is 3. The minimum atomic E-state index is -4.31. The summed E-state index contributed by atoms with van der Waals surface area (Å²) in [6, 6.07) is 17.1. The lowest BCUT2D eigenvalue weighted by molar-refractivity contribution is -0.139. The number of para-hydroxylation sites is 2. The molecule has 0 bridgehead atoms. The van der Waals surface area contributed by atoms with E-state index in [-0.39, 0.29) is 28.4 Å². The monoisotopic (exact) mass is 585 g/mol. The SMILES string of the molecule is CCCCNC(=O)C(C)N(Cc1ccccc1F)C(=O)CN(c1ccccc1OC)S(=O)(=O)c1ccc(OC)cc1. The molecule has 41 heavy (non-hydrogen) atoms. The first-order valence-corrected chi connectivity index (χ1v) is 14.7. The molecular weight excluding hydrogens is 549 g/mol. The van der Waals surface area contributed by atoms with Crippen LogP contribution < -0.4 is 19.1 Å². The van der Waals surface area contributed by atoms with Crippen LogP contribution in [0.4, 0.5) is 10.1 Å². The van der Waals surface area contributed by atoms with Gasteiger partial charge in [-0.05, 0) is 55.8 Å². The zero-order valence-electron chi connectivity index (χ0n) is 23.7. The molecule has 0 spiro atoms. The molecule has 9 nitrogen and oxygen atoms in total. The van der Waals surface area contributed by atoms with Crippen LogP contribution in [0.1, 0.15) is 32.3 Å². The molecule has 3 aromatic rings. The molecule has 3 rings (SSSR count). The third kappa shape index (κ3) is 7.75. The molecule has 0 aliphatic carbocycles. The van der Waals surface area contributed by atoms with Gasteiger partial charge in [0.25, 0.3) is 10.0 Å².